The molecule has 1 aromatic heterocycles. The first-order valence-electron chi connectivity index (χ1n) is 7.86. The Kier molecular flexibility index (Phi) is 5.00. The quantitative estimate of drug-likeness (QED) is 0.663. The average Bonchev–Trinajstić information content (AvgIpc) is 3.09. The van der Waals surface area contributed by atoms with Gasteiger partial charge < -0.3 is 15.2 Å². The first kappa shape index (κ1) is 17.0. The van der Waals surface area contributed by atoms with Gasteiger partial charge in [0.05, 0.1) is 12.3 Å². The highest BCUT2D eigenvalue weighted by molar-refractivity contribution is 7.13. The van der Waals surface area contributed by atoms with Gasteiger partial charge in [-0.1, -0.05) is 6.07 Å². The fourth-order valence-electron chi connectivity index (χ4n) is 2.31. The third-order valence-corrected chi connectivity index (χ3v) is 4.44. The molecule has 3 rings (SSSR count). The van der Waals surface area contributed by atoms with Crippen molar-refractivity contribution in [3.8, 4) is 22.1 Å². The topological polar surface area (TPSA) is 71.5 Å². The smallest absolute Gasteiger partial charge is 0.275 e. The van der Waals surface area contributed by atoms with Gasteiger partial charge in [0.1, 0.15) is 22.2 Å². The number of thiazole rings is 1. The average molecular weight is 354 g/mol. The number of rotatable bonds is 5. The van der Waals surface area contributed by atoms with E-state index in [2.05, 4.69) is 10.3 Å². The summed E-state index contributed by atoms with van der Waals surface area (Å²) in [6.45, 7) is 4.44. The van der Waals surface area contributed by atoms with E-state index in [0.29, 0.717) is 18.0 Å². The van der Waals surface area contributed by atoms with Crippen LogP contribution in [0.4, 0.5) is 5.69 Å². The molecule has 0 saturated carbocycles. The van der Waals surface area contributed by atoms with E-state index in [1.54, 1.807) is 23.6 Å². The van der Waals surface area contributed by atoms with Crippen LogP contribution in [0, 0.1) is 6.92 Å². The molecule has 0 bridgehead atoms. The highest BCUT2D eigenvalue weighted by atomic mass is 32.1. The molecule has 0 saturated heterocycles. The van der Waals surface area contributed by atoms with Crippen LogP contribution < -0.4 is 10.1 Å². The number of carbonyl (C=O) groups excluding carboxylic acids is 1. The maximum Gasteiger partial charge on any atom is 0.275 e. The van der Waals surface area contributed by atoms with Crippen LogP contribution in [-0.2, 0) is 0 Å². The van der Waals surface area contributed by atoms with E-state index >= 15 is 0 Å². The lowest BCUT2D eigenvalue weighted by Gasteiger charge is -2.06. The molecule has 0 radical (unpaired) electrons. The largest absolute Gasteiger partial charge is 0.506 e. The summed E-state index contributed by atoms with van der Waals surface area (Å²) < 4.78 is 5.42. The van der Waals surface area contributed by atoms with Crippen molar-refractivity contribution < 1.29 is 14.6 Å². The summed E-state index contributed by atoms with van der Waals surface area (Å²) in [7, 11) is 0. The number of nitrogens with one attached hydrogen (secondary N) is 1. The minimum absolute atomic E-state index is 0.0286. The summed E-state index contributed by atoms with van der Waals surface area (Å²) in [6.07, 6.45) is 0. The van der Waals surface area contributed by atoms with Crippen LogP contribution >= 0.6 is 11.3 Å². The number of nitrogens with zero attached hydrogens (tertiary/aromatic N) is 1. The van der Waals surface area contributed by atoms with Crippen LogP contribution in [0.5, 0.6) is 11.5 Å². The molecule has 6 heteroatoms. The highest BCUT2D eigenvalue weighted by Crippen LogP contribution is 2.28. The lowest BCUT2D eigenvalue weighted by atomic mass is 10.2. The van der Waals surface area contributed by atoms with E-state index in [0.717, 1.165) is 21.9 Å². The Morgan fingerprint density at radius 3 is 2.72 bits per heavy atom. The Hall–Kier alpha value is -2.86. The second-order valence-electron chi connectivity index (χ2n) is 5.47. The van der Waals surface area contributed by atoms with Crippen LogP contribution in [0.2, 0.25) is 0 Å². The Morgan fingerprint density at radius 2 is 2.00 bits per heavy atom. The number of ether oxygens (including phenoxy) is 1. The van der Waals surface area contributed by atoms with Crippen LogP contribution in [0.25, 0.3) is 10.6 Å². The Morgan fingerprint density at radius 1 is 1.24 bits per heavy atom. The van der Waals surface area contributed by atoms with Crippen molar-refractivity contribution in [3.05, 3.63) is 59.1 Å². The van der Waals surface area contributed by atoms with Gasteiger partial charge in [-0.15, -0.1) is 11.3 Å². The summed E-state index contributed by atoms with van der Waals surface area (Å²) in [5.74, 6) is 0.478. The molecule has 0 aliphatic rings. The molecule has 2 aromatic carbocycles. The molecule has 5 nitrogen and oxygen atoms in total. The van der Waals surface area contributed by atoms with Crippen molar-refractivity contribution in [2.75, 3.05) is 11.9 Å². The molecule has 0 spiro atoms. The molecule has 2 N–H and O–H groups in total. The van der Waals surface area contributed by atoms with Crippen LogP contribution in [0.1, 0.15) is 23.0 Å². The van der Waals surface area contributed by atoms with Gasteiger partial charge >= 0.3 is 0 Å². The normalized spacial score (nSPS) is 10.5. The molecule has 0 aliphatic carbocycles. The molecule has 0 fully saturated rings. The summed E-state index contributed by atoms with van der Waals surface area (Å²) in [6, 6.07) is 12.6. The Balaban J connectivity index is 1.76. The summed E-state index contributed by atoms with van der Waals surface area (Å²) >= 11 is 1.39. The summed E-state index contributed by atoms with van der Waals surface area (Å²) in [4.78, 5) is 16.8. The first-order chi connectivity index (χ1) is 12.1. The number of aromatic nitrogens is 1. The fourth-order valence-corrected chi connectivity index (χ4v) is 3.11. The number of anilines is 1. The number of phenols is 1. The van der Waals surface area contributed by atoms with E-state index in [-0.39, 0.29) is 11.7 Å². The third-order valence-electron chi connectivity index (χ3n) is 3.55. The van der Waals surface area contributed by atoms with Crippen molar-refractivity contribution in [3.63, 3.8) is 0 Å². The molecule has 1 heterocycles. The van der Waals surface area contributed by atoms with E-state index in [1.807, 2.05) is 38.1 Å². The van der Waals surface area contributed by atoms with Gasteiger partial charge in [-0.3, -0.25) is 4.79 Å². The standard InChI is InChI=1S/C19H18N2O3S/c1-3-24-14-7-5-13(6-8-14)19-21-16(11-25-19)18(23)20-15-10-12(2)4-9-17(15)22/h4-11,22H,3H2,1-2H3,(H,20,23). The van der Waals surface area contributed by atoms with Crippen molar-refractivity contribution in [1.82, 2.24) is 4.98 Å². The van der Waals surface area contributed by atoms with E-state index in [9.17, 15) is 9.90 Å². The molecular weight excluding hydrogens is 336 g/mol. The van der Waals surface area contributed by atoms with Gasteiger partial charge in [0.25, 0.3) is 5.91 Å². The number of phenolic OH excluding ortho intramolecular Hbond substituents is 1. The monoisotopic (exact) mass is 354 g/mol. The highest BCUT2D eigenvalue weighted by Gasteiger charge is 2.14. The number of hydrogen-bond acceptors (Lipinski definition) is 5. The molecule has 0 aliphatic heterocycles. The van der Waals surface area contributed by atoms with Crippen LogP contribution in [0.15, 0.2) is 47.8 Å². The zero-order valence-corrected chi connectivity index (χ0v) is 14.8. The zero-order chi connectivity index (χ0) is 17.8. The van der Waals surface area contributed by atoms with Crippen molar-refractivity contribution in [2.24, 2.45) is 0 Å². The zero-order valence-electron chi connectivity index (χ0n) is 13.9. The lowest BCUT2D eigenvalue weighted by molar-refractivity contribution is 0.102. The van der Waals surface area contributed by atoms with E-state index in [4.69, 9.17) is 4.74 Å². The Bertz CT molecular complexity index is 888. The number of carbonyl (C=O) groups is 1. The molecule has 25 heavy (non-hydrogen) atoms. The van der Waals surface area contributed by atoms with Gasteiger partial charge in [0, 0.05) is 10.9 Å². The van der Waals surface area contributed by atoms with Crippen molar-refractivity contribution >= 4 is 22.9 Å². The van der Waals surface area contributed by atoms with E-state index in [1.165, 1.54) is 11.3 Å². The number of benzene rings is 2. The molecule has 0 atom stereocenters. The van der Waals surface area contributed by atoms with E-state index < -0.39 is 0 Å². The van der Waals surface area contributed by atoms with Gasteiger partial charge in [0.15, 0.2) is 0 Å². The van der Waals surface area contributed by atoms with Gasteiger partial charge in [-0.2, -0.15) is 0 Å². The van der Waals surface area contributed by atoms with Crippen LogP contribution in [0.3, 0.4) is 0 Å². The van der Waals surface area contributed by atoms with Gasteiger partial charge in [0.2, 0.25) is 0 Å². The Labute approximate surface area is 149 Å². The number of amides is 1. The molecule has 128 valence electrons. The predicted molar refractivity (Wildman–Crippen MR) is 99.5 cm³/mol. The molecular formula is C19H18N2O3S. The second-order valence-corrected chi connectivity index (χ2v) is 6.33. The molecule has 1 amide bonds. The summed E-state index contributed by atoms with van der Waals surface area (Å²) in [5, 5.41) is 15.0. The third kappa shape index (κ3) is 3.97. The SMILES string of the molecule is CCOc1ccc(-c2nc(C(=O)Nc3cc(C)ccc3O)cs2)cc1. The molecule has 0 unspecified atom stereocenters. The number of aromatic hydroxyl groups is 1. The maximum absolute atomic E-state index is 12.4. The minimum atomic E-state index is -0.352. The minimum Gasteiger partial charge on any atom is -0.506 e. The van der Waals surface area contributed by atoms with Gasteiger partial charge in [-0.05, 0) is 55.8 Å². The molecule has 3 aromatic rings. The number of hydrogen-bond donors (Lipinski definition) is 2. The van der Waals surface area contributed by atoms with Crippen LogP contribution in [-0.4, -0.2) is 22.6 Å². The van der Waals surface area contributed by atoms with Crippen molar-refractivity contribution in [2.45, 2.75) is 13.8 Å². The summed E-state index contributed by atoms with van der Waals surface area (Å²) in [5.41, 5.74) is 2.56. The van der Waals surface area contributed by atoms with Crippen molar-refractivity contribution in [1.29, 1.82) is 0 Å². The van der Waals surface area contributed by atoms with Gasteiger partial charge in [-0.25, -0.2) is 4.98 Å². The predicted octanol–water partition coefficient (Wildman–Crippen LogP) is 4.48. The second kappa shape index (κ2) is 7.36. The lowest BCUT2D eigenvalue weighted by Crippen LogP contribution is -2.12. The maximum atomic E-state index is 12.4. The first-order valence-corrected chi connectivity index (χ1v) is 8.74. The number of aryl methyl sites for hydroxylation is 1. The fraction of sp³-hybridized carbons (Fsp3) is 0.158.